The zero-order valence-corrected chi connectivity index (χ0v) is 13.0. The van der Waals surface area contributed by atoms with Gasteiger partial charge in [0.05, 0.1) is 23.8 Å². The Morgan fingerprint density at radius 3 is 2.64 bits per heavy atom. The van der Waals surface area contributed by atoms with E-state index >= 15 is 0 Å². The lowest BCUT2D eigenvalue weighted by atomic mass is 10.1. The lowest BCUT2D eigenvalue weighted by molar-refractivity contribution is -0.137. The van der Waals surface area contributed by atoms with Crippen LogP contribution in [-0.4, -0.2) is 17.6 Å². The third-order valence-electron chi connectivity index (χ3n) is 3.23. The topological polar surface area (TPSA) is 82.3 Å². The second-order valence-corrected chi connectivity index (χ2v) is 4.91. The van der Waals surface area contributed by atoms with Gasteiger partial charge in [-0.25, -0.2) is 0 Å². The number of benzene rings is 2. The first-order valence-corrected chi connectivity index (χ1v) is 7.15. The number of hydrogen-bond acceptors (Lipinski definition) is 4. The van der Waals surface area contributed by atoms with Gasteiger partial charge in [0.15, 0.2) is 0 Å². The molecule has 5 nitrogen and oxygen atoms in total. The van der Waals surface area contributed by atoms with Crippen molar-refractivity contribution in [1.29, 1.82) is 5.26 Å². The zero-order chi connectivity index (χ0) is 18.6. The maximum absolute atomic E-state index is 13.0. The van der Waals surface area contributed by atoms with Gasteiger partial charge in [-0.1, -0.05) is 6.07 Å². The normalized spacial score (nSPS) is 10.8. The van der Waals surface area contributed by atoms with Crippen LogP contribution in [0.1, 0.15) is 28.4 Å². The number of carbonyl (C=O) groups excluding carboxylic acids is 1. The van der Waals surface area contributed by atoms with Gasteiger partial charge in [0.2, 0.25) is 0 Å². The predicted octanol–water partition coefficient (Wildman–Crippen LogP) is 3.93. The van der Waals surface area contributed by atoms with E-state index in [4.69, 9.17) is 10.00 Å². The van der Waals surface area contributed by atoms with E-state index in [0.29, 0.717) is 6.07 Å². The van der Waals surface area contributed by atoms with Gasteiger partial charge in [0.1, 0.15) is 17.1 Å². The van der Waals surface area contributed by atoms with Gasteiger partial charge in [0, 0.05) is 5.69 Å². The molecule has 0 aliphatic rings. The molecule has 0 saturated heterocycles. The Labute approximate surface area is 141 Å². The monoisotopic (exact) mass is 350 g/mol. The quantitative estimate of drug-likeness (QED) is 0.875. The number of nitrogens with zero attached hydrogens (tertiary/aromatic N) is 1. The van der Waals surface area contributed by atoms with Crippen molar-refractivity contribution in [3.05, 3.63) is 53.1 Å². The second-order valence-electron chi connectivity index (χ2n) is 4.91. The highest BCUT2D eigenvalue weighted by atomic mass is 19.4. The van der Waals surface area contributed by atoms with Gasteiger partial charge >= 0.3 is 6.18 Å². The molecular formula is C17H13F3N2O3. The minimum Gasteiger partial charge on any atom is -0.507 e. The fraction of sp³-hybridized carbons (Fsp3) is 0.176. The molecular weight excluding hydrogens is 337 g/mol. The molecule has 0 fully saturated rings. The number of phenols is 1. The summed E-state index contributed by atoms with van der Waals surface area (Å²) < 4.78 is 44.2. The van der Waals surface area contributed by atoms with Crippen molar-refractivity contribution in [2.24, 2.45) is 0 Å². The maximum atomic E-state index is 13.0. The molecule has 2 aromatic carbocycles. The lowest BCUT2D eigenvalue weighted by Crippen LogP contribution is -2.15. The second kappa shape index (κ2) is 7.13. The van der Waals surface area contributed by atoms with E-state index in [9.17, 15) is 23.1 Å². The van der Waals surface area contributed by atoms with Crippen LogP contribution in [0.25, 0.3) is 0 Å². The fourth-order valence-electron chi connectivity index (χ4n) is 2.17. The molecule has 0 aromatic heterocycles. The molecule has 0 heterocycles. The van der Waals surface area contributed by atoms with Crippen LogP contribution in [0, 0.1) is 11.3 Å². The van der Waals surface area contributed by atoms with Crippen molar-refractivity contribution in [3.8, 4) is 17.6 Å². The Bertz CT molecular complexity index is 842. The number of hydrogen-bond donors (Lipinski definition) is 2. The maximum Gasteiger partial charge on any atom is 0.417 e. The molecule has 2 aromatic rings. The van der Waals surface area contributed by atoms with Crippen LogP contribution in [0.3, 0.4) is 0 Å². The van der Waals surface area contributed by atoms with Crippen molar-refractivity contribution in [2.75, 3.05) is 11.9 Å². The van der Waals surface area contributed by atoms with Crippen LogP contribution in [0.2, 0.25) is 0 Å². The Morgan fingerprint density at radius 2 is 2.04 bits per heavy atom. The summed E-state index contributed by atoms with van der Waals surface area (Å²) in [5.41, 5.74) is -2.07. The first-order chi connectivity index (χ1) is 11.8. The third kappa shape index (κ3) is 4.01. The number of nitriles is 1. The van der Waals surface area contributed by atoms with Gasteiger partial charge in [-0.2, -0.15) is 18.4 Å². The van der Waals surface area contributed by atoms with Gasteiger partial charge < -0.3 is 15.2 Å². The molecule has 0 radical (unpaired) electrons. The first kappa shape index (κ1) is 18.1. The Hall–Kier alpha value is -3.21. The number of amides is 1. The summed E-state index contributed by atoms with van der Waals surface area (Å²) in [4.78, 5) is 12.3. The summed E-state index contributed by atoms with van der Waals surface area (Å²) in [6.07, 6.45) is -4.74. The number of nitrogens with one attached hydrogen (secondary N) is 1. The molecule has 0 aliphatic heterocycles. The number of ether oxygens (including phenoxy) is 1. The summed E-state index contributed by atoms with van der Waals surface area (Å²) in [6.45, 7) is 1.92. The van der Waals surface area contributed by atoms with Crippen molar-refractivity contribution >= 4 is 11.6 Å². The van der Waals surface area contributed by atoms with Crippen molar-refractivity contribution in [3.63, 3.8) is 0 Å². The molecule has 0 bridgehead atoms. The zero-order valence-electron chi connectivity index (χ0n) is 13.0. The van der Waals surface area contributed by atoms with Crippen LogP contribution < -0.4 is 10.1 Å². The van der Waals surface area contributed by atoms with E-state index in [0.717, 1.165) is 6.07 Å². The van der Waals surface area contributed by atoms with Gasteiger partial charge in [-0.15, -0.1) is 0 Å². The van der Waals surface area contributed by atoms with E-state index in [1.807, 2.05) is 0 Å². The highest BCUT2D eigenvalue weighted by molar-refractivity contribution is 6.08. The molecule has 0 aliphatic carbocycles. The Balaban J connectivity index is 2.38. The van der Waals surface area contributed by atoms with Crippen molar-refractivity contribution in [2.45, 2.75) is 13.1 Å². The minimum absolute atomic E-state index is 0.102. The van der Waals surface area contributed by atoms with Crippen molar-refractivity contribution < 1.29 is 27.8 Å². The summed E-state index contributed by atoms with van der Waals surface area (Å²) in [5, 5.41) is 20.9. The van der Waals surface area contributed by atoms with E-state index < -0.39 is 23.2 Å². The highest BCUT2D eigenvalue weighted by Crippen LogP contribution is 2.34. The number of alkyl halides is 3. The number of anilines is 1. The fourth-order valence-corrected chi connectivity index (χ4v) is 2.17. The van der Waals surface area contributed by atoms with Gasteiger partial charge in [0.25, 0.3) is 5.91 Å². The smallest absolute Gasteiger partial charge is 0.417 e. The van der Waals surface area contributed by atoms with E-state index in [-0.39, 0.29) is 29.4 Å². The highest BCUT2D eigenvalue weighted by Gasteiger charge is 2.34. The average Bonchev–Trinajstić information content (AvgIpc) is 2.54. The molecule has 2 rings (SSSR count). The Morgan fingerprint density at radius 1 is 1.32 bits per heavy atom. The molecule has 0 unspecified atom stereocenters. The van der Waals surface area contributed by atoms with Gasteiger partial charge in [-0.05, 0) is 37.3 Å². The molecule has 130 valence electrons. The number of phenolic OH excluding ortho intramolecular Hbond substituents is 1. The Kier molecular flexibility index (Phi) is 5.17. The minimum atomic E-state index is -4.74. The molecule has 8 heteroatoms. The number of rotatable bonds is 4. The van der Waals surface area contributed by atoms with Crippen LogP contribution in [0.4, 0.5) is 18.9 Å². The van der Waals surface area contributed by atoms with Crippen LogP contribution in [0.15, 0.2) is 36.4 Å². The summed E-state index contributed by atoms with van der Waals surface area (Å²) in [7, 11) is 0. The van der Waals surface area contributed by atoms with Crippen LogP contribution in [-0.2, 0) is 6.18 Å². The predicted molar refractivity (Wildman–Crippen MR) is 83.4 cm³/mol. The van der Waals surface area contributed by atoms with Crippen LogP contribution >= 0.6 is 0 Å². The molecule has 0 atom stereocenters. The SMILES string of the molecule is CCOc1cccc(O)c1C(=O)Nc1ccc(C#N)c(C(F)(F)F)c1. The largest absolute Gasteiger partial charge is 0.507 e. The van der Waals surface area contributed by atoms with Crippen molar-refractivity contribution in [1.82, 2.24) is 0 Å². The van der Waals surface area contributed by atoms with Crippen LogP contribution in [0.5, 0.6) is 11.5 Å². The molecule has 0 spiro atoms. The standard InChI is InChI=1S/C17H13F3N2O3/c1-2-25-14-5-3-4-13(23)15(14)16(24)22-11-7-6-10(9-21)12(8-11)17(18,19)20/h3-8,23H,2H2,1H3,(H,22,24). The van der Waals surface area contributed by atoms with E-state index in [1.54, 1.807) is 6.92 Å². The lowest BCUT2D eigenvalue weighted by Gasteiger charge is -2.14. The first-order valence-electron chi connectivity index (χ1n) is 7.15. The van der Waals surface area contributed by atoms with E-state index in [2.05, 4.69) is 5.32 Å². The summed E-state index contributed by atoms with van der Waals surface area (Å²) in [6, 6.07) is 8.45. The summed E-state index contributed by atoms with van der Waals surface area (Å²) in [5.74, 6) is -1.10. The third-order valence-corrected chi connectivity index (χ3v) is 3.23. The average molecular weight is 350 g/mol. The summed E-state index contributed by atoms with van der Waals surface area (Å²) >= 11 is 0. The molecule has 25 heavy (non-hydrogen) atoms. The molecule has 0 saturated carbocycles. The number of halogens is 3. The number of aromatic hydroxyl groups is 1. The number of carbonyl (C=O) groups is 1. The van der Waals surface area contributed by atoms with E-state index in [1.165, 1.54) is 30.3 Å². The molecule has 2 N–H and O–H groups in total. The van der Waals surface area contributed by atoms with Gasteiger partial charge in [-0.3, -0.25) is 4.79 Å². The molecule has 1 amide bonds.